The summed E-state index contributed by atoms with van der Waals surface area (Å²) in [5, 5.41) is 0. The minimum atomic E-state index is -0.0173. The first-order valence-electron chi connectivity index (χ1n) is 12.7. The predicted octanol–water partition coefficient (Wildman–Crippen LogP) is 10.4. The van der Waals surface area contributed by atoms with Crippen LogP contribution in [0.2, 0.25) is 0 Å². The lowest BCUT2D eigenvalue weighted by atomic mass is 9.86. The van der Waals surface area contributed by atoms with E-state index in [1.54, 1.807) is 0 Å². The number of rotatable bonds is 4. The fourth-order valence-electron chi connectivity index (χ4n) is 5.95. The van der Waals surface area contributed by atoms with Gasteiger partial charge in [0, 0.05) is 37.1 Å². The number of anilines is 3. The number of hydrogen-bond donors (Lipinski definition) is 0. The molecule has 0 spiro atoms. The SMILES string of the molecule is Cc1cc(N(c2ccc(Br)cc2)c2ccc(Br)cc2)cc(C)c1-c1ccc2c(c1)C(C)(C)N(C)C2(C)C. The lowest BCUT2D eigenvalue weighted by molar-refractivity contribution is 0.0730. The van der Waals surface area contributed by atoms with Crippen molar-refractivity contribution >= 4 is 48.9 Å². The van der Waals surface area contributed by atoms with E-state index in [1.807, 2.05) is 0 Å². The molecular formula is C33H34Br2N2. The highest BCUT2D eigenvalue weighted by molar-refractivity contribution is 9.10. The van der Waals surface area contributed by atoms with E-state index in [9.17, 15) is 0 Å². The van der Waals surface area contributed by atoms with E-state index < -0.39 is 0 Å². The first kappa shape index (κ1) is 26.2. The highest BCUT2D eigenvalue weighted by Gasteiger charge is 2.46. The fraction of sp³-hybridized carbons (Fsp3) is 0.273. The lowest BCUT2D eigenvalue weighted by Crippen LogP contribution is -2.42. The van der Waals surface area contributed by atoms with Gasteiger partial charge in [0.05, 0.1) is 0 Å². The minimum Gasteiger partial charge on any atom is -0.310 e. The molecule has 1 aliphatic rings. The first-order valence-corrected chi connectivity index (χ1v) is 14.3. The number of halogens is 2. The molecule has 1 aliphatic heterocycles. The average Bonchev–Trinajstić information content (AvgIpc) is 2.98. The highest BCUT2D eigenvalue weighted by Crippen LogP contribution is 2.49. The van der Waals surface area contributed by atoms with Gasteiger partial charge in [-0.15, -0.1) is 0 Å². The molecule has 0 atom stereocenters. The summed E-state index contributed by atoms with van der Waals surface area (Å²) in [5.74, 6) is 0. The molecule has 0 unspecified atom stereocenters. The van der Waals surface area contributed by atoms with Gasteiger partial charge in [0.1, 0.15) is 0 Å². The second kappa shape index (κ2) is 9.41. The van der Waals surface area contributed by atoms with Gasteiger partial charge in [-0.1, -0.05) is 44.0 Å². The van der Waals surface area contributed by atoms with Crippen LogP contribution in [0.25, 0.3) is 11.1 Å². The number of benzene rings is 4. The number of fused-ring (bicyclic) bond motifs is 1. The molecule has 0 saturated heterocycles. The largest absolute Gasteiger partial charge is 0.310 e. The number of aryl methyl sites for hydroxylation is 2. The van der Waals surface area contributed by atoms with Gasteiger partial charge in [-0.25, -0.2) is 0 Å². The zero-order valence-corrected chi connectivity index (χ0v) is 25.8. The standard InChI is InChI=1S/C33H34Br2N2/c1-21-18-28(37(26-13-9-24(34)10-14-26)27-15-11-25(35)12-16-27)19-22(2)31(21)23-8-17-29-30(20-23)33(5,6)36(7)32(29,3)4/h8-20H,1-7H3. The second-order valence-electron chi connectivity index (χ2n) is 11.2. The van der Waals surface area contributed by atoms with E-state index in [4.69, 9.17) is 0 Å². The van der Waals surface area contributed by atoms with Crippen LogP contribution in [0.4, 0.5) is 17.1 Å². The van der Waals surface area contributed by atoms with Gasteiger partial charge in [-0.05, 0) is 149 Å². The topological polar surface area (TPSA) is 6.48 Å². The van der Waals surface area contributed by atoms with Gasteiger partial charge in [0.2, 0.25) is 0 Å². The van der Waals surface area contributed by atoms with Crippen molar-refractivity contribution < 1.29 is 0 Å². The van der Waals surface area contributed by atoms with Crippen LogP contribution in [-0.2, 0) is 11.1 Å². The highest BCUT2D eigenvalue weighted by atomic mass is 79.9. The molecule has 0 aromatic heterocycles. The molecule has 4 aromatic rings. The molecule has 5 rings (SSSR count). The molecule has 1 heterocycles. The molecule has 0 aliphatic carbocycles. The Morgan fingerprint density at radius 2 is 1.05 bits per heavy atom. The van der Waals surface area contributed by atoms with Crippen molar-refractivity contribution in [3.05, 3.63) is 110 Å². The van der Waals surface area contributed by atoms with E-state index in [2.05, 4.69) is 169 Å². The first-order chi connectivity index (χ1) is 17.4. The Balaban J connectivity index is 1.63. The van der Waals surface area contributed by atoms with Crippen molar-refractivity contribution in [2.75, 3.05) is 11.9 Å². The van der Waals surface area contributed by atoms with Gasteiger partial charge >= 0.3 is 0 Å². The molecular weight excluding hydrogens is 584 g/mol. The summed E-state index contributed by atoms with van der Waals surface area (Å²) in [6.07, 6.45) is 0. The van der Waals surface area contributed by atoms with Crippen LogP contribution < -0.4 is 4.90 Å². The summed E-state index contributed by atoms with van der Waals surface area (Å²) in [6, 6.07) is 28.7. The predicted molar refractivity (Wildman–Crippen MR) is 165 cm³/mol. The molecule has 190 valence electrons. The van der Waals surface area contributed by atoms with Crippen LogP contribution in [0, 0.1) is 13.8 Å². The Bertz CT molecular complexity index is 1400. The van der Waals surface area contributed by atoms with E-state index >= 15 is 0 Å². The summed E-state index contributed by atoms with van der Waals surface area (Å²) < 4.78 is 2.14. The van der Waals surface area contributed by atoms with E-state index in [1.165, 1.54) is 33.4 Å². The Hall–Kier alpha value is -2.40. The summed E-state index contributed by atoms with van der Waals surface area (Å²) in [4.78, 5) is 4.82. The van der Waals surface area contributed by atoms with E-state index in [0.29, 0.717) is 0 Å². The Morgan fingerprint density at radius 3 is 1.54 bits per heavy atom. The zero-order valence-electron chi connectivity index (χ0n) is 22.7. The minimum absolute atomic E-state index is 0.0150. The summed E-state index contributed by atoms with van der Waals surface area (Å²) >= 11 is 7.17. The van der Waals surface area contributed by atoms with Gasteiger partial charge in [-0.2, -0.15) is 0 Å². The van der Waals surface area contributed by atoms with Gasteiger partial charge in [0.25, 0.3) is 0 Å². The maximum Gasteiger partial charge on any atom is 0.0467 e. The molecule has 37 heavy (non-hydrogen) atoms. The molecule has 0 saturated carbocycles. The van der Waals surface area contributed by atoms with E-state index in [-0.39, 0.29) is 11.1 Å². The third-order valence-corrected chi connectivity index (χ3v) is 9.31. The maximum absolute atomic E-state index is 3.59. The van der Waals surface area contributed by atoms with Crippen molar-refractivity contribution in [1.29, 1.82) is 0 Å². The second-order valence-corrected chi connectivity index (χ2v) is 13.0. The molecule has 4 aromatic carbocycles. The van der Waals surface area contributed by atoms with Crippen LogP contribution in [0.3, 0.4) is 0 Å². The summed E-state index contributed by atoms with van der Waals surface area (Å²) in [5.41, 5.74) is 11.4. The third-order valence-electron chi connectivity index (χ3n) is 8.25. The van der Waals surface area contributed by atoms with Crippen molar-refractivity contribution in [3.63, 3.8) is 0 Å². The monoisotopic (exact) mass is 616 g/mol. The number of hydrogen-bond acceptors (Lipinski definition) is 2. The molecule has 0 fully saturated rings. The molecule has 0 amide bonds. The van der Waals surface area contributed by atoms with Crippen LogP contribution in [0.5, 0.6) is 0 Å². The average molecular weight is 618 g/mol. The summed E-state index contributed by atoms with van der Waals surface area (Å²) in [6.45, 7) is 13.8. The quantitative estimate of drug-likeness (QED) is 0.225. The molecule has 0 N–H and O–H groups in total. The van der Waals surface area contributed by atoms with Crippen LogP contribution in [0.15, 0.2) is 87.8 Å². The van der Waals surface area contributed by atoms with Gasteiger partial charge in [0.15, 0.2) is 0 Å². The van der Waals surface area contributed by atoms with Gasteiger partial charge < -0.3 is 4.90 Å². The maximum atomic E-state index is 3.59. The van der Waals surface area contributed by atoms with Crippen molar-refractivity contribution in [2.24, 2.45) is 0 Å². The van der Waals surface area contributed by atoms with Crippen LogP contribution in [-0.4, -0.2) is 11.9 Å². The van der Waals surface area contributed by atoms with Crippen molar-refractivity contribution in [3.8, 4) is 11.1 Å². The van der Waals surface area contributed by atoms with Crippen molar-refractivity contribution in [2.45, 2.75) is 52.6 Å². The summed E-state index contributed by atoms with van der Waals surface area (Å²) in [7, 11) is 2.24. The lowest BCUT2D eigenvalue weighted by Gasteiger charge is -2.37. The van der Waals surface area contributed by atoms with Crippen LogP contribution >= 0.6 is 31.9 Å². The normalized spacial score (nSPS) is 16.0. The van der Waals surface area contributed by atoms with E-state index in [0.717, 1.165) is 26.0 Å². The Kier molecular flexibility index (Phi) is 6.67. The molecule has 0 radical (unpaired) electrons. The smallest absolute Gasteiger partial charge is 0.0467 e. The fourth-order valence-corrected chi connectivity index (χ4v) is 6.48. The Morgan fingerprint density at radius 1 is 0.595 bits per heavy atom. The number of nitrogens with zero attached hydrogens (tertiary/aromatic N) is 2. The zero-order chi connectivity index (χ0) is 26.7. The van der Waals surface area contributed by atoms with Gasteiger partial charge in [-0.3, -0.25) is 4.90 Å². The van der Waals surface area contributed by atoms with Crippen LogP contribution in [0.1, 0.15) is 49.9 Å². The molecule has 0 bridgehead atoms. The van der Waals surface area contributed by atoms with Crippen molar-refractivity contribution in [1.82, 2.24) is 4.90 Å². The molecule has 4 heteroatoms. The molecule has 2 nitrogen and oxygen atoms in total. The third kappa shape index (κ3) is 4.47. The Labute approximate surface area is 238 Å².